The Morgan fingerprint density at radius 2 is 1.85 bits per heavy atom. The van der Waals surface area contributed by atoms with Gasteiger partial charge in [0.1, 0.15) is 0 Å². The first-order valence-electron chi connectivity index (χ1n) is 5.77. The highest BCUT2D eigenvalue weighted by atomic mass is 35.5. The van der Waals surface area contributed by atoms with Crippen molar-refractivity contribution in [3.05, 3.63) is 35.0 Å². The van der Waals surface area contributed by atoms with Gasteiger partial charge in [-0.3, -0.25) is 0 Å². The molecule has 1 heterocycles. The summed E-state index contributed by atoms with van der Waals surface area (Å²) in [4.78, 5) is 23.4. The van der Waals surface area contributed by atoms with Gasteiger partial charge in [0.05, 0.1) is 10.7 Å². The number of carbonyl (C=O) groups is 2. The van der Waals surface area contributed by atoms with Gasteiger partial charge in [-0.25, -0.2) is 9.59 Å². The molecule has 106 valence electrons. The predicted molar refractivity (Wildman–Crippen MR) is 73.8 cm³/mol. The van der Waals surface area contributed by atoms with Gasteiger partial charge < -0.3 is 20.5 Å². The van der Waals surface area contributed by atoms with Crippen LogP contribution in [0.4, 0.5) is 11.4 Å². The van der Waals surface area contributed by atoms with Gasteiger partial charge in [-0.1, -0.05) is 11.6 Å². The Bertz CT molecular complexity index is 588. The number of carbonyl (C=O) groups excluding carboxylic acids is 2. The SMILES string of the molecule is CC1(C)OC(=O)C(=CNc2ccc(N)c(Cl)c2)C(=O)O1. The third kappa shape index (κ3) is 3.03. The molecule has 1 saturated heterocycles. The van der Waals surface area contributed by atoms with Crippen molar-refractivity contribution in [1.82, 2.24) is 0 Å². The van der Waals surface area contributed by atoms with E-state index in [0.29, 0.717) is 16.4 Å². The Kier molecular flexibility index (Phi) is 3.59. The third-order valence-corrected chi connectivity index (χ3v) is 2.83. The number of nitrogens with one attached hydrogen (secondary N) is 1. The number of benzene rings is 1. The van der Waals surface area contributed by atoms with Crippen molar-refractivity contribution in [1.29, 1.82) is 0 Å². The summed E-state index contributed by atoms with van der Waals surface area (Å²) in [5, 5.41) is 3.13. The van der Waals surface area contributed by atoms with Crippen LogP contribution >= 0.6 is 11.6 Å². The van der Waals surface area contributed by atoms with Crippen molar-refractivity contribution >= 4 is 34.9 Å². The van der Waals surface area contributed by atoms with Crippen LogP contribution < -0.4 is 11.1 Å². The molecule has 0 radical (unpaired) electrons. The topological polar surface area (TPSA) is 90.6 Å². The number of nitrogen functional groups attached to an aromatic ring is 1. The highest BCUT2D eigenvalue weighted by Crippen LogP contribution is 2.25. The largest absolute Gasteiger partial charge is 0.419 e. The van der Waals surface area contributed by atoms with Crippen molar-refractivity contribution in [2.45, 2.75) is 19.6 Å². The number of rotatable bonds is 2. The molecule has 0 unspecified atom stereocenters. The van der Waals surface area contributed by atoms with Crippen molar-refractivity contribution in [2.75, 3.05) is 11.1 Å². The fourth-order valence-corrected chi connectivity index (χ4v) is 1.73. The van der Waals surface area contributed by atoms with Crippen LogP contribution in [0.3, 0.4) is 0 Å². The first-order chi connectivity index (χ1) is 9.28. The quantitative estimate of drug-likeness (QED) is 0.376. The Balaban J connectivity index is 2.17. The maximum Gasteiger partial charge on any atom is 0.350 e. The summed E-state index contributed by atoms with van der Waals surface area (Å²) in [6.07, 6.45) is 1.21. The molecule has 1 fully saturated rings. The number of nitrogens with two attached hydrogens (primary N) is 1. The Morgan fingerprint density at radius 1 is 1.25 bits per heavy atom. The monoisotopic (exact) mass is 296 g/mol. The molecular weight excluding hydrogens is 284 g/mol. The van der Waals surface area contributed by atoms with E-state index in [4.69, 9.17) is 26.8 Å². The summed E-state index contributed by atoms with van der Waals surface area (Å²) < 4.78 is 9.90. The smallest absolute Gasteiger partial charge is 0.350 e. The number of ether oxygens (including phenoxy) is 2. The maximum atomic E-state index is 11.7. The van der Waals surface area contributed by atoms with Crippen LogP contribution in [0.25, 0.3) is 0 Å². The summed E-state index contributed by atoms with van der Waals surface area (Å²) in [6, 6.07) is 4.82. The number of hydrogen-bond donors (Lipinski definition) is 2. The van der Waals surface area contributed by atoms with Gasteiger partial charge >= 0.3 is 11.9 Å². The lowest BCUT2D eigenvalue weighted by Crippen LogP contribution is -2.42. The molecule has 0 aromatic heterocycles. The molecule has 1 aliphatic rings. The number of esters is 2. The van der Waals surface area contributed by atoms with E-state index in [9.17, 15) is 9.59 Å². The Morgan fingerprint density at radius 3 is 2.40 bits per heavy atom. The lowest BCUT2D eigenvalue weighted by molar-refractivity contribution is -0.222. The molecule has 6 nitrogen and oxygen atoms in total. The lowest BCUT2D eigenvalue weighted by atomic mass is 10.2. The molecule has 0 bridgehead atoms. The molecule has 0 amide bonds. The molecule has 0 spiro atoms. The summed E-state index contributed by atoms with van der Waals surface area (Å²) >= 11 is 5.86. The van der Waals surface area contributed by atoms with E-state index in [2.05, 4.69) is 5.32 Å². The highest BCUT2D eigenvalue weighted by molar-refractivity contribution is 6.33. The molecule has 1 aromatic carbocycles. The van der Waals surface area contributed by atoms with Crippen LogP contribution in [0.5, 0.6) is 0 Å². The summed E-state index contributed by atoms with van der Waals surface area (Å²) in [7, 11) is 0. The van der Waals surface area contributed by atoms with Crippen LogP contribution in [0.15, 0.2) is 30.0 Å². The Hall–Kier alpha value is -2.21. The normalized spacial score (nSPS) is 17.2. The van der Waals surface area contributed by atoms with Gasteiger partial charge in [-0.2, -0.15) is 0 Å². The van der Waals surface area contributed by atoms with Crippen molar-refractivity contribution in [3.8, 4) is 0 Å². The minimum Gasteiger partial charge on any atom is -0.419 e. The maximum absolute atomic E-state index is 11.7. The van der Waals surface area contributed by atoms with E-state index in [1.807, 2.05) is 0 Å². The molecule has 3 N–H and O–H groups in total. The average Bonchev–Trinajstić information content (AvgIpc) is 2.31. The molecule has 2 rings (SSSR count). The standard InChI is InChI=1S/C13H13ClN2O4/c1-13(2)19-11(17)8(12(18)20-13)6-16-7-3-4-10(15)9(14)5-7/h3-6,16H,15H2,1-2H3. The first-order valence-corrected chi connectivity index (χ1v) is 6.15. The molecule has 1 aliphatic heterocycles. The molecular formula is C13H13ClN2O4. The van der Waals surface area contributed by atoms with E-state index < -0.39 is 17.7 Å². The zero-order valence-corrected chi connectivity index (χ0v) is 11.7. The van der Waals surface area contributed by atoms with E-state index in [1.54, 1.807) is 18.2 Å². The molecule has 0 aliphatic carbocycles. The van der Waals surface area contributed by atoms with Crippen LogP contribution in [0.1, 0.15) is 13.8 Å². The van der Waals surface area contributed by atoms with Crippen LogP contribution in [-0.2, 0) is 19.1 Å². The van der Waals surface area contributed by atoms with Crippen LogP contribution in [0, 0.1) is 0 Å². The average molecular weight is 297 g/mol. The summed E-state index contributed by atoms with van der Waals surface area (Å²) in [6.45, 7) is 2.96. The minimum absolute atomic E-state index is 0.225. The predicted octanol–water partition coefficient (Wildman–Crippen LogP) is 2.05. The first kappa shape index (κ1) is 14.2. The number of anilines is 2. The van der Waals surface area contributed by atoms with Crippen molar-refractivity contribution in [3.63, 3.8) is 0 Å². The Labute approximate surface area is 120 Å². The van der Waals surface area contributed by atoms with Crippen LogP contribution in [0.2, 0.25) is 5.02 Å². The summed E-state index contributed by atoms with van der Waals surface area (Å²) in [5.41, 5.74) is 6.36. The van der Waals surface area contributed by atoms with Gasteiger partial charge in [0.25, 0.3) is 5.79 Å². The zero-order chi connectivity index (χ0) is 14.9. The molecule has 0 saturated carbocycles. The molecule has 0 atom stereocenters. The van der Waals surface area contributed by atoms with E-state index in [-0.39, 0.29) is 5.57 Å². The van der Waals surface area contributed by atoms with Crippen molar-refractivity contribution < 1.29 is 19.1 Å². The van der Waals surface area contributed by atoms with Crippen molar-refractivity contribution in [2.24, 2.45) is 0 Å². The van der Waals surface area contributed by atoms with Gasteiger partial charge in [0.2, 0.25) is 0 Å². The van der Waals surface area contributed by atoms with E-state index in [1.165, 1.54) is 20.0 Å². The second-order valence-corrected chi connectivity index (χ2v) is 5.02. The van der Waals surface area contributed by atoms with E-state index in [0.717, 1.165) is 0 Å². The lowest BCUT2D eigenvalue weighted by Gasteiger charge is -2.29. The third-order valence-electron chi connectivity index (χ3n) is 2.50. The zero-order valence-electron chi connectivity index (χ0n) is 10.9. The molecule has 20 heavy (non-hydrogen) atoms. The summed E-state index contributed by atoms with van der Waals surface area (Å²) in [5.74, 6) is -2.75. The fourth-order valence-electron chi connectivity index (χ4n) is 1.55. The van der Waals surface area contributed by atoms with Gasteiger partial charge in [0.15, 0.2) is 5.57 Å². The van der Waals surface area contributed by atoms with Gasteiger partial charge in [0, 0.05) is 25.7 Å². The number of cyclic esters (lactones) is 2. The minimum atomic E-state index is -1.25. The van der Waals surface area contributed by atoms with Gasteiger partial charge in [-0.15, -0.1) is 0 Å². The van der Waals surface area contributed by atoms with Gasteiger partial charge in [-0.05, 0) is 18.2 Å². The highest BCUT2D eigenvalue weighted by Gasteiger charge is 2.38. The van der Waals surface area contributed by atoms with E-state index >= 15 is 0 Å². The molecule has 7 heteroatoms. The fraction of sp³-hybridized carbons (Fsp3) is 0.231. The second kappa shape index (κ2) is 5.05. The number of hydrogen-bond acceptors (Lipinski definition) is 6. The second-order valence-electron chi connectivity index (χ2n) is 4.62. The molecule has 1 aromatic rings. The van der Waals surface area contributed by atoms with Crippen LogP contribution in [-0.4, -0.2) is 17.7 Å². The number of halogens is 1.